The van der Waals surface area contributed by atoms with E-state index in [2.05, 4.69) is 4.98 Å². The maximum Gasteiger partial charge on any atom is 0.214 e. The second-order valence-corrected chi connectivity index (χ2v) is 4.71. The Morgan fingerprint density at radius 3 is 2.58 bits per heavy atom. The Labute approximate surface area is 109 Å². The van der Waals surface area contributed by atoms with Gasteiger partial charge in [0.15, 0.2) is 0 Å². The van der Waals surface area contributed by atoms with E-state index in [0.717, 1.165) is 6.42 Å². The molecule has 2 aliphatic rings. The molecule has 1 aliphatic carbocycles. The van der Waals surface area contributed by atoms with Crippen LogP contribution in [-0.4, -0.2) is 21.1 Å². The number of ketones is 2. The molecule has 4 heteroatoms. The van der Waals surface area contributed by atoms with Crippen molar-refractivity contribution < 1.29 is 9.59 Å². The van der Waals surface area contributed by atoms with Gasteiger partial charge < -0.3 is 4.57 Å². The van der Waals surface area contributed by atoms with Gasteiger partial charge in [0.1, 0.15) is 17.2 Å². The van der Waals surface area contributed by atoms with Crippen molar-refractivity contribution in [2.45, 2.75) is 13.0 Å². The lowest BCUT2D eigenvalue weighted by Gasteiger charge is -2.16. The quantitative estimate of drug-likeness (QED) is 0.613. The van der Waals surface area contributed by atoms with E-state index in [4.69, 9.17) is 0 Å². The van der Waals surface area contributed by atoms with Crippen LogP contribution in [0.1, 0.15) is 44.3 Å². The monoisotopic (exact) mass is 250 g/mol. The van der Waals surface area contributed by atoms with E-state index in [9.17, 15) is 9.59 Å². The Morgan fingerprint density at radius 2 is 1.79 bits per heavy atom. The Kier molecular flexibility index (Phi) is 1.93. The molecule has 19 heavy (non-hydrogen) atoms. The summed E-state index contributed by atoms with van der Waals surface area (Å²) in [7, 11) is 0. The number of allylic oxidation sites excluding steroid dienone is 1. The zero-order chi connectivity index (χ0) is 13.0. The summed E-state index contributed by atoms with van der Waals surface area (Å²) < 4.78 is 1.85. The van der Waals surface area contributed by atoms with Crippen LogP contribution in [0.5, 0.6) is 0 Å². The molecule has 0 spiro atoms. The van der Waals surface area contributed by atoms with Gasteiger partial charge in [0.2, 0.25) is 11.6 Å². The molecule has 1 aliphatic heterocycles. The van der Waals surface area contributed by atoms with Crippen molar-refractivity contribution in [1.82, 2.24) is 9.55 Å². The molecule has 0 bridgehead atoms. The van der Waals surface area contributed by atoms with Gasteiger partial charge in [0, 0.05) is 17.7 Å². The molecular formula is C15H10N2O2. The van der Waals surface area contributed by atoms with Gasteiger partial charge in [-0.25, -0.2) is 4.98 Å². The van der Waals surface area contributed by atoms with Crippen molar-refractivity contribution in [1.29, 1.82) is 0 Å². The van der Waals surface area contributed by atoms with E-state index in [1.807, 2.05) is 16.7 Å². The third kappa shape index (κ3) is 1.25. The van der Waals surface area contributed by atoms with Crippen LogP contribution in [-0.2, 0) is 6.54 Å². The van der Waals surface area contributed by atoms with Crippen LogP contribution in [0.4, 0.5) is 0 Å². The van der Waals surface area contributed by atoms with Crippen molar-refractivity contribution in [3.63, 3.8) is 0 Å². The molecule has 0 amide bonds. The van der Waals surface area contributed by atoms with Crippen LogP contribution in [0.25, 0.3) is 6.08 Å². The summed E-state index contributed by atoms with van der Waals surface area (Å²) in [5.41, 5.74) is 1.69. The lowest BCUT2D eigenvalue weighted by molar-refractivity contribution is 0.0971. The summed E-state index contributed by atoms with van der Waals surface area (Å²) in [6.45, 7) is 0.704. The average molecular weight is 250 g/mol. The number of rotatable bonds is 0. The molecule has 0 N–H and O–H groups in total. The number of aromatic nitrogens is 2. The van der Waals surface area contributed by atoms with Crippen LogP contribution in [0.2, 0.25) is 0 Å². The minimum Gasteiger partial charge on any atom is -0.321 e. The fourth-order valence-electron chi connectivity index (χ4n) is 2.74. The number of nitrogens with zero attached hydrogens (tertiary/aromatic N) is 2. The van der Waals surface area contributed by atoms with E-state index < -0.39 is 0 Å². The minimum atomic E-state index is -0.152. The maximum atomic E-state index is 12.5. The largest absolute Gasteiger partial charge is 0.321 e. The minimum absolute atomic E-state index is 0.0979. The van der Waals surface area contributed by atoms with Crippen molar-refractivity contribution >= 4 is 17.6 Å². The predicted octanol–water partition coefficient (Wildman–Crippen LogP) is 2.08. The van der Waals surface area contributed by atoms with Crippen molar-refractivity contribution in [3.8, 4) is 0 Å². The zero-order valence-corrected chi connectivity index (χ0v) is 10.1. The van der Waals surface area contributed by atoms with E-state index in [1.165, 1.54) is 0 Å². The third-order valence-corrected chi connectivity index (χ3v) is 3.63. The second kappa shape index (κ2) is 3.51. The molecule has 2 heterocycles. The van der Waals surface area contributed by atoms with Crippen molar-refractivity contribution in [3.05, 3.63) is 58.7 Å². The number of fused-ring (bicyclic) bond motifs is 4. The van der Waals surface area contributed by atoms with Gasteiger partial charge in [-0.2, -0.15) is 0 Å². The van der Waals surface area contributed by atoms with Gasteiger partial charge in [0.05, 0.1) is 0 Å². The standard InChI is InChI=1S/C15H10N2O2/c18-14-9-5-1-2-6-10(9)15(19)13-12(14)16-11-7-3-4-8-17(11)13/h1-3,5-7H,4,8H2. The van der Waals surface area contributed by atoms with Crippen LogP contribution in [0, 0.1) is 0 Å². The first-order valence-corrected chi connectivity index (χ1v) is 6.23. The Bertz CT molecular complexity index is 768. The highest BCUT2D eigenvalue weighted by Crippen LogP contribution is 2.29. The van der Waals surface area contributed by atoms with E-state index in [-0.39, 0.29) is 11.6 Å². The molecule has 0 fully saturated rings. The molecule has 92 valence electrons. The van der Waals surface area contributed by atoms with E-state index in [0.29, 0.717) is 34.9 Å². The molecule has 2 aromatic rings. The van der Waals surface area contributed by atoms with Crippen molar-refractivity contribution in [2.24, 2.45) is 0 Å². The Balaban J connectivity index is 2.04. The smallest absolute Gasteiger partial charge is 0.214 e. The highest BCUT2D eigenvalue weighted by molar-refractivity contribution is 6.27. The first-order valence-electron chi connectivity index (χ1n) is 6.23. The molecule has 1 aromatic carbocycles. The maximum absolute atomic E-state index is 12.5. The van der Waals surface area contributed by atoms with E-state index in [1.54, 1.807) is 24.3 Å². The summed E-state index contributed by atoms with van der Waals surface area (Å²) in [4.78, 5) is 29.3. The van der Waals surface area contributed by atoms with Crippen molar-refractivity contribution in [2.75, 3.05) is 0 Å². The molecule has 0 atom stereocenters. The average Bonchev–Trinajstić information content (AvgIpc) is 2.84. The molecule has 0 radical (unpaired) electrons. The molecule has 1 aromatic heterocycles. The number of hydrogen-bond donors (Lipinski definition) is 0. The SMILES string of the molecule is O=C1c2ccccc2C(=O)c2c1nc1n2CCC=C1. The third-order valence-electron chi connectivity index (χ3n) is 3.63. The fourth-order valence-corrected chi connectivity index (χ4v) is 2.74. The van der Waals surface area contributed by atoms with Crippen LogP contribution < -0.4 is 0 Å². The predicted molar refractivity (Wildman–Crippen MR) is 69.2 cm³/mol. The Morgan fingerprint density at radius 1 is 1.05 bits per heavy atom. The molecule has 0 unspecified atom stereocenters. The van der Waals surface area contributed by atoms with Gasteiger partial charge >= 0.3 is 0 Å². The molecule has 4 nitrogen and oxygen atoms in total. The summed E-state index contributed by atoms with van der Waals surface area (Å²) in [6, 6.07) is 6.94. The number of benzene rings is 1. The number of carbonyl (C=O) groups is 2. The first-order chi connectivity index (χ1) is 9.27. The van der Waals surface area contributed by atoms with Gasteiger partial charge in [-0.05, 0) is 12.5 Å². The lowest BCUT2D eigenvalue weighted by Crippen LogP contribution is -2.23. The number of hydrogen-bond acceptors (Lipinski definition) is 3. The topological polar surface area (TPSA) is 52.0 Å². The number of carbonyl (C=O) groups excluding carboxylic acids is 2. The molecular weight excluding hydrogens is 240 g/mol. The molecule has 0 saturated heterocycles. The Hall–Kier alpha value is -2.49. The van der Waals surface area contributed by atoms with Gasteiger partial charge in [-0.15, -0.1) is 0 Å². The van der Waals surface area contributed by atoms with E-state index >= 15 is 0 Å². The van der Waals surface area contributed by atoms with Gasteiger partial charge in [-0.3, -0.25) is 9.59 Å². The summed E-state index contributed by atoms with van der Waals surface area (Å²) in [6.07, 6.45) is 4.74. The van der Waals surface area contributed by atoms with Gasteiger partial charge in [-0.1, -0.05) is 30.3 Å². The van der Waals surface area contributed by atoms with Crippen LogP contribution in [0.15, 0.2) is 30.3 Å². The zero-order valence-electron chi connectivity index (χ0n) is 10.1. The second-order valence-electron chi connectivity index (χ2n) is 4.71. The van der Waals surface area contributed by atoms with Crippen LogP contribution in [0.3, 0.4) is 0 Å². The summed E-state index contributed by atoms with van der Waals surface area (Å²) in [5.74, 6) is 0.450. The summed E-state index contributed by atoms with van der Waals surface area (Å²) >= 11 is 0. The molecule has 4 rings (SSSR count). The highest BCUT2D eigenvalue weighted by atomic mass is 16.1. The first kappa shape index (κ1) is 10.4. The highest BCUT2D eigenvalue weighted by Gasteiger charge is 2.35. The molecule has 0 saturated carbocycles. The lowest BCUT2D eigenvalue weighted by atomic mass is 9.90. The van der Waals surface area contributed by atoms with Crippen LogP contribution >= 0.6 is 0 Å². The number of imidazole rings is 1. The summed E-state index contributed by atoms with van der Waals surface area (Å²) in [5, 5.41) is 0. The fraction of sp³-hybridized carbons (Fsp3) is 0.133. The normalized spacial score (nSPS) is 16.0. The van der Waals surface area contributed by atoms with Gasteiger partial charge in [0.25, 0.3) is 0 Å².